The molecule has 0 spiro atoms. The number of hydrogen-bond acceptors (Lipinski definition) is 4. The average Bonchev–Trinajstić information content (AvgIpc) is 2.53. The van der Waals surface area contributed by atoms with Gasteiger partial charge in [0.25, 0.3) is 0 Å². The molecule has 0 saturated carbocycles. The van der Waals surface area contributed by atoms with Crippen molar-refractivity contribution < 1.29 is 14.3 Å². The molecule has 1 heterocycles. The fourth-order valence-corrected chi connectivity index (χ4v) is 3.39. The Morgan fingerprint density at radius 2 is 2.05 bits per heavy atom. The summed E-state index contributed by atoms with van der Waals surface area (Å²) in [6.07, 6.45) is -0.542. The standard InChI is InChI=1S/C12H24BN3O3Si/c1-8-9(19-20(5,6)11(2,3)4)12(7-17,15-16-14)18-10(8)13/h8-10,17H,7H2,1-6H3. The van der Waals surface area contributed by atoms with E-state index in [0.717, 1.165) is 0 Å². The van der Waals surface area contributed by atoms with Crippen LogP contribution in [0.1, 0.15) is 27.7 Å². The molecule has 0 aromatic heterocycles. The van der Waals surface area contributed by atoms with Crippen LogP contribution in [0.4, 0.5) is 0 Å². The SMILES string of the molecule is [B]C1OC(CO)(N=[N+]=[N-])C(O[Si](C)(C)C(C)(C)C)C1C. The lowest BCUT2D eigenvalue weighted by Gasteiger charge is -2.42. The molecule has 0 bridgehead atoms. The summed E-state index contributed by atoms with van der Waals surface area (Å²) in [6, 6.07) is -0.623. The van der Waals surface area contributed by atoms with Crippen LogP contribution in [0.3, 0.4) is 0 Å². The Bertz CT molecular complexity index is 409. The van der Waals surface area contributed by atoms with Gasteiger partial charge in [-0.1, -0.05) is 32.8 Å². The maximum absolute atomic E-state index is 9.64. The maximum Gasteiger partial charge on any atom is 0.194 e. The number of azide groups is 1. The number of aliphatic hydroxyl groups is 1. The Labute approximate surface area is 123 Å². The van der Waals surface area contributed by atoms with Crippen LogP contribution in [-0.4, -0.2) is 45.7 Å². The fraction of sp³-hybridized carbons (Fsp3) is 1.00. The third kappa shape index (κ3) is 3.04. The van der Waals surface area contributed by atoms with Crippen LogP contribution in [-0.2, 0) is 9.16 Å². The van der Waals surface area contributed by atoms with Crippen molar-refractivity contribution in [3.8, 4) is 0 Å². The van der Waals surface area contributed by atoms with Gasteiger partial charge in [-0.3, -0.25) is 0 Å². The molecule has 2 radical (unpaired) electrons. The second-order valence-corrected chi connectivity index (χ2v) is 11.7. The number of ether oxygens (including phenoxy) is 1. The van der Waals surface area contributed by atoms with Gasteiger partial charge in [-0.25, -0.2) is 0 Å². The molecule has 4 atom stereocenters. The van der Waals surface area contributed by atoms with Gasteiger partial charge in [0, 0.05) is 16.8 Å². The van der Waals surface area contributed by atoms with E-state index in [2.05, 4.69) is 43.9 Å². The molecule has 0 aliphatic carbocycles. The van der Waals surface area contributed by atoms with E-state index in [1.165, 1.54) is 0 Å². The molecule has 8 heteroatoms. The van der Waals surface area contributed by atoms with E-state index in [1.807, 2.05) is 6.92 Å². The number of rotatable bonds is 4. The van der Waals surface area contributed by atoms with Gasteiger partial charge in [0.2, 0.25) is 0 Å². The number of hydrogen-bond donors (Lipinski definition) is 1. The van der Waals surface area contributed by atoms with Crippen LogP contribution < -0.4 is 0 Å². The molecule has 1 aliphatic heterocycles. The highest BCUT2D eigenvalue weighted by atomic mass is 28.4. The predicted octanol–water partition coefficient (Wildman–Crippen LogP) is 2.54. The Morgan fingerprint density at radius 3 is 2.45 bits per heavy atom. The van der Waals surface area contributed by atoms with E-state index in [9.17, 15) is 5.11 Å². The quantitative estimate of drug-likeness (QED) is 0.374. The van der Waals surface area contributed by atoms with Gasteiger partial charge in [0.1, 0.15) is 7.85 Å². The lowest BCUT2D eigenvalue weighted by Crippen LogP contribution is -2.52. The molecule has 4 unspecified atom stereocenters. The lowest BCUT2D eigenvalue weighted by molar-refractivity contribution is -0.0890. The van der Waals surface area contributed by atoms with Crippen LogP contribution in [0, 0.1) is 5.92 Å². The van der Waals surface area contributed by atoms with Crippen molar-refractivity contribution in [2.45, 2.75) is 63.7 Å². The maximum atomic E-state index is 9.64. The van der Waals surface area contributed by atoms with Crippen molar-refractivity contribution in [2.75, 3.05) is 6.61 Å². The molecule has 1 aliphatic rings. The molecular weight excluding hydrogens is 273 g/mol. The van der Waals surface area contributed by atoms with Crippen LogP contribution in [0.15, 0.2) is 5.11 Å². The number of aliphatic hydroxyl groups excluding tert-OH is 1. The van der Waals surface area contributed by atoms with E-state index in [-0.39, 0.29) is 11.0 Å². The molecule has 112 valence electrons. The Balaban J connectivity index is 3.14. The molecular formula is C12H24BN3O3Si. The van der Waals surface area contributed by atoms with E-state index in [4.69, 9.17) is 22.5 Å². The zero-order valence-electron chi connectivity index (χ0n) is 13.1. The van der Waals surface area contributed by atoms with Crippen LogP contribution in [0.5, 0.6) is 0 Å². The highest BCUT2D eigenvalue weighted by Gasteiger charge is 2.55. The molecule has 0 amide bonds. The predicted molar refractivity (Wildman–Crippen MR) is 80.8 cm³/mol. The van der Waals surface area contributed by atoms with Crippen LogP contribution in [0.25, 0.3) is 10.4 Å². The fourth-order valence-electron chi connectivity index (χ4n) is 2.00. The average molecular weight is 297 g/mol. The van der Waals surface area contributed by atoms with Crippen molar-refractivity contribution >= 4 is 16.2 Å². The van der Waals surface area contributed by atoms with E-state index in [1.54, 1.807) is 0 Å². The summed E-state index contributed by atoms with van der Waals surface area (Å²) in [6.45, 7) is 12.0. The van der Waals surface area contributed by atoms with Gasteiger partial charge in [-0.05, 0) is 23.7 Å². The molecule has 20 heavy (non-hydrogen) atoms. The summed E-state index contributed by atoms with van der Waals surface area (Å²) in [5.41, 5.74) is 7.33. The van der Waals surface area contributed by atoms with Crippen LogP contribution >= 0.6 is 0 Å². The molecule has 1 N–H and O–H groups in total. The van der Waals surface area contributed by atoms with Gasteiger partial charge in [-0.2, -0.15) is 0 Å². The second kappa shape index (κ2) is 5.69. The molecule has 1 rings (SSSR count). The smallest absolute Gasteiger partial charge is 0.194 e. The van der Waals surface area contributed by atoms with E-state index in [0.29, 0.717) is 0 Å². The molecule has 0 aromatic carbocycles. The van der Waals surface area contributed by atoms with Crippen molar-refractivity contribution in [3.05, 3.63) is 10.4 Å². The normalized spacial score (nSPS) is 34.9. The molecule has 1 fully saturated rings. The number of nitrogens with zero attached hydrogens (tertiary/aromatic N) is 3. The minimum absolute atomic E-state index is 0.00302. The van der Waals surface area contributed by atoms with E-state index < -0.39 is 32.8 Å². The summed E-state index contributed by atoms with van der Waals surface area (Å²) in [7, 11) is 3.79. The molecule has 1 saturated heterocycles. The minimum Gasteiger partial charge on any atom is -0.410 e. The summed E-state index contributed by atoms with van der Waals surface area (Å²) >= 11 is 0. The monoisotopic (exact) mass is 297 g/mol. The van der Waals surface area contributed by atoms with Gasteiger partial charge in [0.05, 0.1) is 12.7 Å². The first-order valence-corrected chi connectivity index (χ1v) is 9.70. The highest BCUT2D eigenvalue weighted by molar-refractivity contribution is 6.74. The van der Waals surface area contributed by atoms with E-state index >= 15 is 0 Å². The summed E-state index contributed by atoms with van der Waals surface area (Å²) in [5, 5.41) is 13.3. The van der Waals surface area contributed by atoms with Crippen molar-refractivity contribution in [2.24, 2.45) is 11.0 Å². The third-order valence-electron chi connectivity index (χ3n) is 4.45. The van der Waals surface area contributed by atoms with Gasteiger partial charge in [-0.15, -0.1) is 0 Å². The zero-order valence-corrected chi connectivity index (χ0v) is 14.1. The van der Waals surface area contributed by atoms with Crippen molar-refractivity contribution in [3.63, 3.8) is 0 Å². The summed E-state index contributed by atoms with van der Waals surface area (Å²) in [4.78, 5) is 2.79. The molecule has 0 aromatic rings. The first-order valence-electron chi connectivity index (χ1n) is 6.79. The second-order valence-electron chi connectivity index (χ2n) is 6.93. The Morgan fingerprint density at radius 1 is 1.50 bits per heavy atom. The first kappa shape index (κ1) is 17.5. The van der Waals surface area contributed by atoms with Crippen molar-refractivity contribution in [1.82, 2.24) is 0 Å². The van der Waals surface area contributed by atoms with Crippen LogP contribution in [0.2, 0.25) is 18.1 Å². The van der Waals surface area contributed by atoms with Gasteiger partial charge in [0.15, 0.2) is 14.0 Å². The Kier molecular flexibility index (Phi) is 4.99. The van der Waals surface area contributed by atoms with Crippen molar-refractivity contribution in [1.29, 1.82) is 0 Å². The highest BCUT2D eigenvalue weighted by Crippen LogP contribution is 2.44. The minimum atomic E-state index is -2.11. The summed E-state index contributed by atoms with van der Waals surface area (Å²) < 4.78 is 11.8. The summed E-state index contributed by atoms with van der Waals surface area (Å²) in [5.74, 6) is -0.165. The first-order chi connectivity index (χ1) is 9.00. The van der Waals surface area contributed by atoms with Gasteiger partial charge < -0.3 is 14.3 Å². The zero-order chi connectivity index (χ0) is 15.8. The largest absolute Gasteiger partial charge is 0.410 e. The van der Waals surface area contributed by atoms with Gasteiger partial charge >= 0.3 is 0 Å². The Hall–Kier alpha value is -0.528. The lowest BCUT2D eigenvalue weighted by atomic mass is 9.85. The molecule has 6 nitrogen and oxygen atoms in total. The third-order valence-corrected chi connectivity index (χ3v) is 8.90. The topological polar surface area (TPSA) is 87.5 Å².